The number of rotatable bonds is 0. The van der Waals surface area contributed by atoms with Gasteiger partial charge in [-0.1, -0.05) is 5.57 Å². The number of allylic oxidation sites excluding steroid dienone is 1. The third kappa shape index (κ3) is 0.956. The van der Waals surface area contributed by atoms with Gasteiger partial charge in [-0.25, -0.2) is 5.43 Å². The number of aliphatic imine (C=N–C) groups is 1. The smallest absolute Gasteiger partial charge is 0.244 e. The van der Waals surface area contributed by atoms with Crippen LogP contribution in [0.2, 0.25) is 0 Å². The first-order valence-corrected chi connectivity index (χ1v) is 3.96. The summed E-state index contributed by atoms with van der Waals surface area (Å²) in [6.07, 6.45) is 1.86. The van der Waals surface area contributed by atoms with Crippen LogP contribution in [0, 0.1) is 5.92 Å². The highest BCUT2D eigenvalue weighted by atomic mass is 16.2. The van der Waals surface area contributed by atoms with Crippen molar-refractivity contribution in [1.82, 2.24) is 10.9 Å². The molecule has 0 aromatic rings. The Bertz CT molecular complexity index is 293. The fourth-order valence-corrected chi connectivity index (χ4v) is 1.69. The van der Waals surface area contributed by atoms with E-state index >= 15 is 0 Å². The van der Waals surface area contributed by atoms with Crippen LogP contribution in [0.15, 0.2) is 16.6 Å². The fraction of sp³-hybridized carbons (Fsp3) is 0.500. The first kappa shape index (κ1) is 7.49. The molecule has 0 radical (unpaired) electrons. The second kappa shape index (κ2) is 2.42. The number of nitrogens with one attached hydrogen (secondary N) is 2. The van der Waals surface area contributed by atoms with Crippen LogP contribution < -0.4 is 10.9 Å². The molecule has 4 heteroatoms. The molecule has 0 aromatic heterocycles. The van der Waals surface area contributed by atoms with Gasteiger partial charge in [-0.2, -0.15) is 0 Å². The van der Waals surface area contributed by atoms with Crippen molar-refractivity contribution in [3.8, 4) is 0 Å². The van der Waals surface area contributed by atoms with E-state index in [4.69, 9.17) is 0 Å². The van der Waals surface area contributed by atoms with E-state index in [1.54, 1.807) is 0 Å². The highest BCUT2D eigenvalue weighted by molar-refractivity contribution is 5.97. The van der Waals surface area contributed by atoms with Crippen molar-refractivity contribution >= 4 is 11.6 Å². The van der Waals surface area contributed by atoms with Gasteiger partial charge in [0.05, 0.1) is 5.92 Å². The molecule has 4 nitrogen and oxygen atoms in total. The van der Waals surface area contributed by atoms with Crippen LogP contribution in [0.4, 0.5) is 0 Å². The fourth-order valence-electron chi connectivity index (χ4n) is 1.69. The lowest BCUT2D eigenvalue weighted by Crippen LogP contribution is -2.32. The highest BCUT2D eigenvalue weighted by Gasteiger charge is 2.37. The van der Waals surface area contributed by atoms with Crippen molar-refractivity contribution in [3.63, 3.8) is 0 Å². The highest BCUT2D eigenvalue weighted by Crippen LogP contribution is 2.23. The van der Waals surface area contributed by atoms with E-state index in [1.807, 2.05) is 19.9 Å². The summed E-state index contributed by atoms with van der Waals surface area (Å²) in [6, 6.07) is 0. The van der Waals surface area contributed by atoms with Crippen molar-refractivity contribution < 1.29 is 4.79 Å². The number of nitrogens with zero attached hydrogens (tertiary/aromatic N) is 1. The van der Waals surface area contributed by atoms with E-state index in [-0.39, 0.29) is 18.0 Å². The maximum absolute atomic E-state index is 11.2. The summed E-state index contributed by atoms with van der Waals surface area (Å²) in [4.78, 5) is 15.5. The summed E-state index contributed by atoms with van der Waals surface area (Å²) in [5.74, 6) is -0.0845. The average Bonchev–Trinajstić information content (AvgIpc) is 2.31. The Hall–Kier alpha value is -1.16. The van der Waals surface area contributed by atoms with Crippen LogP contribution in [0.25, 0.3) is 0 Å². The minimum atomic E-state index is -0.103. The molecule has 0 aromatic carbocycles. The second-order valence-electron chi connectivity index (χ2n) is 3.21. The third-order valence-corrected chi connectivity index (χ3v) is 2.21. The lowest BCUT2D eigenvalue weighted by Gasteiger charge is -2.18. The lowest BCUT2D eigenvalue weighted by atomic mass is 9.94. The maximum atomic E-state index is 11.2. The van der Waals surface area contributed by atoms with Gasteiger partial charge in [0.15, 0.2) is 0 Å². The largest absolute Gasteiger partial charge is 0.289 e. The summed E-state index contributed by atoms with van der Waals surface area (Å²) < 4.78 is 0. The molecule has 2 heterocycles. The van der Waals surface area contributed by atoms with Crippen molar-refractivity contribution in [1.29, 1.82) is 0 Å². The molecule has 12 heavy (non-hydrogen) atoms. The molecule has 0 unspecified atom stereocenters. The minimum absolute atomic E-state index is 0.0185. The zero-order chi connectivity index (χ0) is 8.72. The van der Waals surface area contributed by atoms with E-state index in [1.165, 1.54) is 0 Å². The standard InChI is InChI=1S/C8H11N3O/c1-4-3-5(2)9-7-6(4)8(12)11-10-7/h3,6-7,10H,1-2H3,(H,11,12)/t6-,7-/m0/s1. The van der Waals surface area contributed by atoms with Gasteiger partial charge in [0, 0.05) is 5.71 Å². The van der Waals surface area contributed by atoms with Crippen LogP contribution >= 0.6 is 0 Å². The molecule has 2 aliphatic heterocycles. The van der Waals surface area contributed by atoms with Gasteiger partial charge in [-0.15, -0.1) is 0 Å². The van der Waals surface area contributed by atoms with Gasteiger partial charge in [-0.3, -0.25) is 15.2 Å². The van der Waals surface area contributed by atoms with E-state index in [0.29, 0.717) is 0 Å². The van der Waals surface area contributed by atoms with Gasteiger partial charge in [-0.05, 0) is 19.9 Å². The number of hydrogen-bond donors (Lipinski definition) is 2. The Balaban J connectivity index is 2.36. The van der Waals surface area contributed by atoms with Crippen LogP contribution in [0.1, 0.15) is 13.8 Å². The Morgan fingerprint density at radius 2 is 2.25 bits per heavy atom. The molecule has 2 atom stereocenters. The topological polar surface area (TPSA) is 53.5 Å². The molecule has 0 aliphatic carbocycles. The molecular weight excluding hydrogens is 154 g/mol. The molecule has 2 aliphatic rings. The molecular formula is C8H11N3O. The maximum Gasteiger partial charge on any atom is 0.244 e. The van der Waals surface area contributed by atoms with Gasteiger partial charge in [0.1, 0.15) is 6.17 Å². The average molecular weight is 165 g/mol. The normalized spacial score (nSPS) is 33.7. The number of amides is 1. The number of carbonyl (C=O) groups is 1. The van der Waals surface area contributed by atoms with Crippen LogP contribution in [-0.2, 0) is 4.79 Å². The predicted octanol–water partition coefficient (Wildman–Crippen LogP) is -0.0161. The Morgan fingerprint density at radius 3 is 3.00 bits per heavy atom. The quantitative estimate of drug-likeness (QED) is 0.530. The Labute approximate surface area is 70.7 Å². The van der Waals surface area contributed by atoms with Crippen molar-refractivity contribution in [2.45, 2.75) is 20.0 Å². The molecule has 0 saturated carbocycles. The Morgan fingerprint density at radius 1 is 1.50 bits per heavy atom. The Kier molecular flexibility index (Phi) is 1.51. The molecule has 0 spiro atoms. The first-order valence-electron chi connectivity index (χ1n) is 3.96. The van der Waals surface area contributed by atoms with Gasteiger partial charge in [0.2, 0.25) is 5.91 Å². The SMILES string of the molecule is CC1=CC(C)=N[C@H]2NNC(=O)[C@@H]12. The summed E-state index contributed by atoms with van der Waals surface area (Å²) in [5.41, 5.74) is 7.47. The zero-order valence-corrected chi connectivity index (χ0v) is 7.09. The molecule has 2 N–H and O–H groups in total. The van der Waals surface area contributed by atoms with E-state index < -0.39 is 0 Å². The molecule has 1 saturated heterocycles. The number of dihydropyridines is 1. The van der Waals surface area contributed by atoms with Crippen LogP contribution in [-0.4, -0.2) is 17.8 Å². The molecule has 1 amide bonds. The monoisotopic (exact) mass is 165 g/mol. The van der Waals surface area contributed by atoms with Gasteiger partial charge in [0.25, 0.3) is 0 Å². The predicted molar refractivity (Wildman–Crippen MR) is 45.4 cm³/mol. The molecule has 0 bridgehead atoms. The molecule has 2 rings (SSSR count). The zero-order valence-electron chi connectivity index (χ0n) is 7.09. The van der Waals surface area contributed by atoms with Gasteiger partial charge >= 0.3 is 0 Å². The van der Waals surface area contributed by atoms with E-state index in [9.17, 15) is 4.79 Å². The molecule has 64 valence electrons. The van der Waals surface area contributed by atoms with E-state index in [2.05, 4.69) is 15.8 Å². The minimum Gasteiger partial charge on any atom is -0.289 e. The third-order valence-electron chi connectivity index (χ3n) is 2.21. The lowest BCUT2D eigenvalue weighted by molar-refractivity contribution is -0.121. The molecule has 1 fully saturated rings. The van der Waals surface area contributed by atoms with Gasteiger partial charge < -0.3 is 0 Å². The van der Waals surface area contributed by atoms with Crippen molar-refractivity contribution in [2.75, 3.05) is 0 Å². The number of hydrogen-bond acceptors (Lipinski definition) is 3. The summed E-state index contributed by atoms with van der Waals surface area (Å²) in [7, 11) is 0. The summed E-state index contributed by atoms with van der Waals surface area (Å²) >= 11 is 0. The van der Waals surface area contributed by atoms with Crippen LogP contribution in [0.3, 0.4) is 0 Å². The van der Waals surface area contributed by atoms with Crippen molar-refractivity contribution in [2.24, 2.45) is 10.9 Å². The van der Waals surface area contributed by atoms with E-state index in [0.717, 1.165) is 11.3 Å². The summed E-state index contributed by atoms with van der Waals surface area (Å²) in [6.45, 7) is 3.90. The second-order valence-corrected chi connectivity index (χ2v) is 3.21. The van der Waals surface area contributed by atoms with Crippen LogP contribution in [0.5, 0.6) is 0 Å². The summed E-state index contributed by atoms with van der Waals surface area (Å²) in [5, 5.41) is 0. The number of carbonyl (C=O) groups excluding carboxylic acids is 1. The van der Waals surface area contributed by atoms with Crippen molar-refractivity contribution in [3.05, 3.63) is 11.6 Å². The first-order chi connectivity index (χ1) is 5.68. The number of fused-ring (bicyclic) bond motifs is 1. The number of hydrazine groups is 1.